The van der Waals surface area contributed by atoms with Crippen molar-refractivity contribution in [3.8, 4) is 0 Å². The molecule has 0 aromatic carbocycles. The lowest BCUT2D eigenvalue weighted by Gasteiger charge is -2.36. The number of hydrogen-bond acceptors (Lipinski definition) is 2. The fraction of sp³-hybridized carbons (Fsp3) is 1.00. The van der Waals surface area contributed by atoms with Crippen LogP contribution in [-0.2, 0) is 0 Å². The zero-order chi connectivity index (χ0) is 9.61. The molecule has 0 unspecified atom stereocenters. The van der Waals surface area contributed by atoms with E-state index < -0.39 is 6.29 Å². The predicted octanol–water partition coefficient (Wildman–Crippen LogP) is -2.43. The first-order valence-corrected chi connectivity index (χ1v) is 4.81. The van der Waals surface area contributed by atoms with E-state index in [9.17, 15) is 0 Å². The van der Waals surface area contributed by atoms with E-state index >= 15 is 0 Å². The highest BCUT2D eigenvalue weighted by Crippen LogP contribution is 2.07. The maximum Gasteiger partial charge on any atom is 0.156 e. The van der Waals surface area contributed by atoms with Crippen LogP contribution in [0.15, 0.2) is 0 Å². The normalized spacial score (nSPS) is 11.5. The van der Waals surface area contributed by atoms with Crippen molar-refractivity contribution in [1.82, 2.24) is 0 Å². The monoisotopic (exact) mass is 211 g/mol. The van der Waals surface area contributed by atoms with Gasteiger partial charge in [0.2, 0.25) is 0 Å². The van der Waals surface area contributed by atoms with Crippen molar-refractivity contribution in [3.05, 3.63) is 0 Å². The van der Waals surface area contributed by atoms with E-state index in [-0.39, 0.29) is 12.4 Å². The molecule has 0 atom stereocenters. The van der Waals surface area contributed by atoms with Crippen molar-refractivity contribution < 1.29 is 27.1 Å². The Morgan fingerprint density at radius 1 is 1.00 bits per heavy atom. The van der Waals surface area contributed by atoms with Gasteiger partial charge in [0.1, 0.15) is 0 Å². The molecule has 0 amide bonds. The molecular formula is C9H22ClNO2. The third-order valence-corrected chi connectivity index (χ3v) is 2.87. The zero-order valence-corrected chi connectivity index (χ0v) is 9.59. The second-order valence-electron chi connectivity index (χ2n) is 3.28. The molecule has 0 heterocycles. The first-order chi connectivity index (χ1) is 5.60. The smallest absolute Gasteiger partial charge is 0.156 e. The van der Waals surface area contributed by atoms with Crippen LogP contribution < -0.4 is 12.4 Å². The summed E-state index contributed by atoms with van der Waals surface area (Å²) in [5, 5.41) is 17.5. The molecule has 0 radical (unpaired) electrons. The van der Waals surface area contributed by atoms with Gasteiger partial charge in [-0.15, -0.1) is 0 Å². The van der Waals surface area contributed by atoms with Crippen LogP contribution in [0.25, 0.3) is 0 Å². The van der Waals surface area contributed by atoms with Crippen molar-refractivity contribution in [2.75, 3.05) is 26.2 Å². The van der Waals surface area contributed by atoms with Gasteiger partial charge in [-0.2, -0.15) is 0 Å². The quantitative estimate of drug-likeness (QED) is 0.379. The molecule has 0 bridgehead atoms. The fourth-order valence-electron chi connectivity index (χ4n) is 1.53. The minimum Gasteiger partial charge on any atom is -1.00 e. The van der Waals surface area contributed by atoms with Crippen molar-refractivity contribution in [1.29, 1.82) is 0 Å². The van der Waals surface area contributed by atoms with Gasteiger partial charge >= 0.3 is 0 Å². The summed E-state index contributed by atoms with van der Waals surface area (Å²) in [7, 11) is 0. The summed E-state index contributed by atoms with van der Waals surface area (Å²) in [4.78, 5) is 0. The Morgan fingerprint density at radius 3 is 1.62 bits per heavy atom. The second-order valence-corrected chi connectivity index (χ2v) is 3.28. The predicted molar refractivity (Wildman–Crippen MR) is 49.6 cm³/mol. The third-order valence-electron chi connectivity index (χ3n) is 2.87. The second kappa shape index (κ2) is 7.56. The molecule has 0 aliphatic heterocycles. The molecule has 0 spiro atoms. The Kier molecular flexibility index (Phi) is 9.09. The Bertz CT molecular complexity index is 108. The minimum absolute atomic E-state index is 0. The Balaban J connectivity index is 0. The van der Waals surface area contributed by atoms with Gasteiger partial charge in [-0.25, -0.2) is 0 Å². The SMILES string of the molecule is CC[N+](CC)(CC)CCC(O)O.[Cl-]. The summed E-state index contributed by atoms with van der Waals surface area (Å²) in [6.45, 7) is 10.5. The molecular weight excluding hydrogens is 190 g/mol. The maximum atomic E-state index is 8.75. The highest BCUT2D eigenvalue weighted by Gasteiger charge is 2.20. The first-order valence-electron chi connectivity index (χ1n) is 4.81. The molecule has 13 heavy (non-hydrogen) atoms. The van der Waals surface area contributed by atoms with Crippen LogP contribution in [0.3, 0.4) is 0 Å². The lowest BCUT2D eigenvalue weighted by Crippen LogP contribution is -3.00. The largest absolute Gasteiger partial charge is 1.00 e. The molecule has 0 aliphatic rings. The van der Waals surface area contributed by atoms with E-state index in [2.05, 4.69) is 20.8 Å². The van der Waals surface area contributed by atoms with Gasteiger partial charge in [0.15, 0.2) is 6.29 Å². The van der Waals surface area contributed by atoms with E-state index in [1.165, 1.54) is 0 Å². The number of nitrogens with zero attached hydrogens (tertiary/aromatic N) is 1. The van der Waals surface area contributed by atoms with Crippen LogP contribution in [-0.4, -0.2) is 47.2 Å². The molecule has 0 aromatic heterocycles. The minimum atomic E-state index is -1.15. The Labute approximate surface area is 87.4 Å². The molecule has 82 valence electrons. The van der Waals surface area contributed by atoms with Crippen LogP contribution in [0, 0.1) is 0 Å². The van der Waals surface area contributed by atoms with Gasteiger partial charge in [-0.1, -0.05) is 0 Å². The molecule has 4 heteroatoms. The fourth-order valence-corrected chi connectivity index (χ4v) is 1.53. The van der Waals surface area contributed by atoms with Gasteiger partial charge in [0.05, 0.1) is 26.2 Å². The highest BCUT2D eigenvalue weighted by molar-refractivity contribution is 4.42. The topological polar surface area (TPSA) is 40.5 Å². The average molecular weight is 212 g/mol. The average Bonchev–Trinajstić information content (AvgIpc) is 2.08. The lowest BCUT2D eigenvalue weighted by atomic mass is 10.3. The summed E-state index contributed by atoms with van der Waals surface area (Å²) < 4.78 is 0.984. The van der Waals surface area contributed by atoms with Crippen LogP contribution in [0.1, 0.15) is 27.2 Å². The maximum absolute atomic E-state index is 8.75. The number of quaternary nitrogens is 1. The standard InChI is InChI=1S/C9H22NO2.ClH/c1-4-10(5-2,6-3)8-7-9(11)12;/h9,11-12H,4-8H2,1-3H3;1H/q+1;/p-1. The molecule has 0 fully saturated rings. The van der Waals surface area contributed by atoms with Crippen LogP contribution in [0.4, 0.5) is 0 Å². The highest BCUT2D eigenvalue weighted by atomic mass is 35.5. The van der Waals surface area contributed by atoms with E-state index in [4.69, 9.17) is 10.2 Å². The molecule has 0 aliphatic carbocycles. The summed E-state index contributed by atoms with van der Waals surface area (Å²) in [5.41, 5.74) is 0. The third kappa shape index (κ3) is 5.47. The van der Waals surface area contributed by atoms with Gasteiger partial charge in [-0.3, -0.25) is 0 Å². The summed E-state index contributed by atoms with van der Waals surface area (Å²) >= 11 is 0. The van der Waals surface area contributed by atoms with Crippen molar-refractivity contribution in [2.45, 2.75) is 33.5 Å². The Hall–Kier alpha value is 0.170. The summed E-state index contributed by atoms with van der Waals surface area (Å²) in [6.07, 6.45) is -0.664. The number of aliphatic hydroxyl groups is 2. The molecule has 2 N–H and O–H groups in total. The van der Waals surface area contributed by atoms with Crippen molar-refractivity contribution >= 4 is 0 Å². The molecule has 0 saturated carbocycles. The van der Waals surface area contributed by atoms with Gasteiger partial charge in [-0.05, 0) is 20.8 Å². The summed E-state index contributed by atoms with van der Waals surface area (Å²) in [5.74, 6) is 0. The summed E-state index contributed by atoms with van der Waals surface area (Å²) in [6, 6.07) is 0. The van der Waals surface area contributed by atoms with Crippen molar-refractivity contribution in [3.63, 3.8) is 0 Å². The number of halogens is 1. The number of rotatable bonds is 6. The Morgan fingerprint density at radius 2 is 1.38 bits per heavy atom. The number of hydrogen-bond donors (Lipinski definition) is 2. The van der Waals surface area contributed by atoms with Crippen molar-refractivity contribution in [2.24, 2.45) is 0 Å². The van der Waals surface area contributed by atoms with Gasteiger partial charge in [0.25, 0.3) is 0 Å². The van der Waals surface area contributed by atoms with E-state index in [0.717, 1.165) is 30.7 Å². The molecule has 0 saturated heterocycles. The van der Waals surface area contributed by atoms with Crippen LogP contribution in [0.2, 0.25) is 0 Å². The molecule has 3 nitrogen and oxygen atoms in total. The van der Waals surface area contributed by atoms with Crippen LogP contribution >= 0.6 is 0 Å². The van der Waals surface area contributed by atoms with E-state index in [0.29, 0.717) is 6.42 Å². The van der Waals surface area contributed by atoms with Crippen LogP contribution in [0.5, 0.6) is 0 Å². The zero-order valence-electron chi connectivity index (χ0n) is 8.83. The molecule has 0 aromatic rings. The first kappa shape index (κ1) is 15.6. The lowest BCUT2D eigenvalue weighted by molar-refractivity contribution is -0.924. The van der Waals surface area contributed by atoms with E-state index in [1.807, 2.05) is 0 Å². The van der Waals surface area contributed by atoms with E-state index in [1.54, 1.807) is 0 Å². The molecule has 0 rings (SSSR count). The number of aliphatic hydroxyl groups excluding tert-OH is 1. The van der Waals surface area contributed by atoms with Gasteiger partial charge in [0, 0.05) is 6.42 Å². The van der Waals surface area contributed by atoms with Gasteiger partial charge < -0.3 is 27.1 Å².